The summed E-state index contributed by atoms with van der Waals surface area (Å²) < 4.78 is 0. The number of carboxylic acid groups (broad SMARTS) is 1. The second kappa shape index (κ2) is 7.80. The molecule has 1 saturated heterocycles. The van der Waals surface area contributed by atoms with Gasteiger partial charge in [-0.3, -0.25) is 24.1 Å². The van der Waals surface area contributed by atoms with Crippen LogP contribution in [0.5, 0.6) is 0 Å². The van der Waals surface area contributed by atoms with Gasteiger partial charge in [-0.15, -0.1) is 11.8 Å². The highest BCUT2D eigenvalue weighted by molar-refractivity contribution is 8.00. The first-order chi connectivity index (χ1) is 16.6. The van der Waals surface area contributed by atoms with Gasteiger partial charge in [0.2, 0.25) is 11.8 Å². The third-order valence-electron chi connectivity index (χ3n) is 8.50. The van der Waals surface area contributed by atoms with E-state index in [2.05, 4.69) is 50.0 Å². The Labute approximate surface area is 211 Å². The molecule has 2 bridgehead atoms. The maximum Gasteiger partial charge on any atom is 0.305 e. The molecule has 35 heavy (non-hydrogen) atoms. The Hall–Kier alpha value is -2.39. The van der Waals surface area contributed by atoms with Gasteiger partial charge in [-0.2, -0.15) is 0 Å². The number of carboxylic acids is 1. The van der Waals surface area contributed by atoms with Gasteiger partial charge < -0.3 is 10.1 Å². The SMILES string of the molecule is CC(C)(C)c1ccc([C@@H]2c3sc(=O)[nH]c3S[C@@H]3[C@@H]4C[C@H]([C@H]5C(=O)N(CCC(=O)O)C(=O)[C@H]45)[C@H]23)cc1. The molecule has 7 nitrogen and oxygen atoms in total. The third-order valence-corrected chi connectivity index (χ3v) is 11.1. The van der Waals surface area contributed by atoms with Gasteiger partial charge in [0, 0.05) is 22.6 Å². The highest BCUT2D eigenvalue weighted by Crippen LogP contribution is 2.68. The van der Waals surface area contributed by atoms with E-state index in [0.29, 0.717) is 0 Å². The van der Waals surface area contributed by atoms with Crippen molar-refractivity contribution < 1.29 is 19.5 Å². The molecule has 4 aliphatic rings. The van der Waals surface area contributed by atoms with Crippen LogP contribution >= 0.6 is 23.1 Å². The monoisotopic (exact) mass is 512 g/mol. The third kappa shape index (κ3) is 3.38. The molecular weight excluding hydrogens is 484 g/mol. The molecular formula is C26H28N2O5S2. The Morgan fingerprint density at radius 1 is 1.09 bits per heavy atom. The van der Waals surface area contributed by atoms with Crippen molar-refractivity contribution in [3.05, 3.63) is 49.9 Å². The summed E-state index contributed by atoms with van der Waals surface area (Å²) in [5.41, 5.74) is 2.42. The number of carbonyl (C=O) groups is 3. The molecule has 2 saturated carbocycles. The molecule has 2 aromatic rings. The molecule has 7 atom stereocenters. The van der Waals surface area contributed by atoms with Crippen LogP contribution in [0.25, 0.3) is 0 Å². The molecule has 6 rings (SSSR count). The molecule has 2 aliphatic carbocycles. The summed E-state index contributed by atoms with van der Waals surface area (Å²) in [5.74, 6) is -1.91. The number of amides is 2. The van der Waals surface area contributed by atoms with E-state index in [1.165, 1.54) is 21.8 Å². The van der Waals surface area contributed by atoms with Gasteiger partial charge >= 0.3 is 10.8 Å². The van der Waals surface area contributed by atoms with Crippen molar-refractivity contribution >= 4 is 40.9 Å². The first-order valence-corrected chi connectivity index (χ1v) is 13.8. The van der Waals surface area contributed by atoms with Crippen LogP contribution < -0.4 is 4.87 Å². The van der Waals surface area contributed by atoms with Crippen molar-refractivity contribution in [3.63, 3.8) is 0 Å². The molecule has 1 aromatic heterocycles. The number of aromatic nitrogens is 1. The van der Waals surface area contributed by atoms with Crippen LogP contribution in [0.3, 0.4) is 0 Å². The lowest BCUT2D eigenvalue weighted by Crippen LogP contribution is -2.42. The lowest BCUT2D eigenvalue weighted by Gasteiger charge is -2.43. The number of nitrogens with one attached hydrogen (secondary N) is 1. The molecule has 9 heteroatoms. The molecule has 0 unspecified atom stereocenters. The zero-order valence-electron chi connectivity index (χ0n) is 19.8. The van der Waals surface area contributed by atoms with Gasteiger partial charge in [0.15, 0.2) is 0 Å². The van der Waals surface area contributed by atoms with Crippen molar-refractivity contribution in [2.45, 2.75) is 55.2 Å². The number of thioether (sulfide) groups is 1. The highest BCUT2D eigenvalue weighted by atomic mass is 32.2. The van der Waals surface area contributed by atoms with Crippen molar-refractivity contribution in [2.75, 3.05) is 6.54 Å². The molecule has 0 spiro atoms. The Morgan fingerprint density at radius 2 is 1.74 bits per heavy atom. The van der Waals surface area contributed by atoms with E-state index in [-0.39, 0.29) is 75.8 Å². The maximum atomic E-state index is 13.4. The van der Waals surface area contributed by atoms with Crippen molar-refractivity contribution in [3.8, 4) is 0 Å². The number of fused-ring (bicyclic) bond motifs is 9. The number of carbonyl (C=O) groups excluding carboxylic acids is 2. The molecule has 3 heterocycles. The number of thiazole rings is 1. The van der Waals surface area contributed by atoms with E-state index in [4.69, 9.17) is 5.11 Å². The first kappa shape index (κ1) is 23.0. The summed E-state index contributed by atoms with van der Waals surface area (Å²) in [6.45, 7) is 6.49. The molecule has 184 valence electrons. The second-order valence-corrected chi connectivity index (χ2v) is 13.5. The second-order valence-electron chi connectivity index (χ2n) is 11.3. The maximum absolute atomic E-state index is 13.4. The minimum absolute atomic E-state index is 0.00106. The van der Waals surface area contributed by atoms with Gasteiger partial charge in [-0.25, -0.2) is 0 Å². The smallest absolute Gasteiger partial charge is 0.305 e. The fourth-order valence-corrected chi connectivity index (χ4v) is 9.96. The normalized spacial score (nSPS) is 33.1. The van der Waals surface area contributed by atoms with E-state index in [1.807, 2.05) is 0 Å². The molecule has 2 aliphatic heterocycles. The first-order valence-electron chi connectivity index (χ1n) is 12.1. The number of aliphatic carboxylic acids is 1. The summed E-state index contributed by atoms with van der Waals surface area (Å²) in [6, 6.07) is 8.65. The summed E-state index contributed by atoms with van der Waals surface area (Å²) in [7, 11) is 0. The summed E-state index contributed by atoms with van der Waals surface area (Å²) in [5, 5.41) is 10.1. The fourth-order valence-electron chi connectivity index (χ4n) is 7.07. The lowest BCUT2D eigenvalue weighted by molar-refractivity contribution is -0.142. The predicted molar refractivity (Wildman–Crippen MR) is 133 cm³/mol. The van der Waals surface area contributed by atoms with Gasteiger partial charge in [0.05, 0.1) is 23.3 Å². The van der Waals surface area contributed by atoms with Crippen LogP contribution in [0.15, 0.2) is 34.1 Å². The minimum atomic E-state index is -1.01. The minimum Gasteiger partial charge on any atom is -0.481 e. The van der Waals surface area contributed by atoms with Crippen LogP contribution in [0.2, 0.25) is 0 Å². The number of imide groups is 1. The predicted octanol–water partition coefficient (Wildman–Crippen LogP) is 3.68. The number of likely N-dealkylation sites (tertiary alicyclic amines) is 1. The molecule has 0 radical (unpaired) electrons. The number of H-pyrrole nitrogens is 1. The van der Waals surface area contributed by atoms with Crippen molar-refractivity contribution in [2.24, 2.45) is 29.6 Å². The quantitative estimate of drug-likeness (QED) is 0.605. The van der Waals surface area contributed by atoms with Gasteiger partial charge in [-0.1, -0.05) is 56.4 Å². The van der Waals surface area contributed by atoms with E-state index in [0.717, 1.165) is 21.9 Å². The number of hydrogen-bond acceptors (Lipinski definition) is 6. The highest BCUT2D eigenvalue weighted by Gasteiger charge is 2.69. The zero-order valence-corrected chi connectivity index (χ0v) is 21.4. The van der Waals surface area contributed by atoms with Gasteiger partial charge in [0.1, 0.15) is 0 Å². The number of benzene rings is 1. The lowest BCUT2D eigenvalue weighted by atomic mass is 9.68. The van der Waals surface area contributed by atoms with E-state index >= 15 is 0 Å². The van der Waals surface area contributed by atoms with Crippen molar-refractivity contribution in [1.29, 1.82) is 0 Å². The summed E-state index contributed by atoms with van der Waals surface area (Å²) in [4.78, 5) is 55.3. The summed E-state index contributed by atoms with van der Waals surface area (Å²) >= 11 is 2.93. The Bertz CT molecular complexity index is 1290. The number of hydrogen-bond donors (Lipinski definition) is 2. The van der Waals surface area contributed by atoms with Crippen molar-refractivity contribution in [1.82, 2.24) is 9.88 Å². The Balaban J connectivity index is 1.40. The average molecular weight is 513 g/mol. The van der Waals surface area contributed by atoms with E-state index < -0.39 is 5.97 Å². The molecule has 2 amide bonds. The van der Waals surface area contributed by atoms with Crippen LogP contribution in [-0.4, -0.2) is 44.6 Å². The number of aromatic amines is 1. The fraction of sp³-hybridized carbons (Fsp3) is 0.538. The topological polar surface area (TPSA) is 108 Å². The number of rotatable bonds is 4. The van der Waals surface area contributed by atoms with Crippen LogP contribution in [0, 0.1) is 29.6 Å². The van der Waals surface area contributed by atoms with Gasteiger partial charge in [0.25, 0.3) is 0 Å². The Morgan fingerprint density at radius 3 is 2.37 bits per heavy atom. The zero-order chi connectivity index (χ0) is 24.8. The molecule has 1 aromatic carbocycles. The Kier molecular flexibility index (Phi) is 5.14. The molecule has 2 N–H and O–H groups in total. The van der Waals surface area contributed by atoms with Crippen LogP contribution in [0.4, 0.5) is 0 Å². The largest absolute Gasteiger partial charge is 0.481 e. The molecule has 3 fully saturated rings. The number of nitrogens with zero attached hydrogens (tertiary/aromatic N) is 1. The van der Waals surface area contributed by atoms with Gasteiger partial charge in [-0.05, 0) is 40.7 Å². The summed E-state index contributed by atoms with van der Waals surface area (Å²) in [6.07, 6.45) is 0.604. The van der Waals surface area contributed by atoms with Crippen LogP contribution in [-0.2, 0) is 19.8 Å². The standard InChI is InChI=1S/C26H28N2O5S2/c1-26(2,3)12-6-4-11(5-7-12)16-17-13-10-14(20(17)34-22-21(16)35-25(33)27-22)19-18(13)23(31)28(24(19)32)9-8-15(29)30/h4-7,13-14,16-20H,8-10H2,1-3H3,(H,27,33)(H,29,30)/t13-,14+,16-,17+,18+,19+,20+/m0/s1. The van der Waals surface area contributed by atoms with E-state index in [9.17, 15) is 19.2 Å². The van der Waals surface area contributed by atoms with E-state index in [1.54, 1.807) is 11.8 Å². The van der Waals surface area contributed by atoms with Crippen LogP contribution in [0.1, 0.15) is 55.5 Å². The average Bonchev–Trinajstić information content (AvgIpc) is 3.51.